The lowest BCUT2D eigenvalue weighted by atomic mass is 9.87. The molecule has 0 spiro atoms. The van der Waals surface area contributed by atoms with Gasteiger partial charge < -0.3 is 9.47 Å². The summed E-state index contributed by atoms with van der Waals surface area (Å²) in [6, 6.07) is 7.91. The molecule has 1 atom stereocenters. The second-order valence-corrected chi connectivity index (χ2v) is 5.63. The zero-order valence-electron chi connectivity index (χ0n) is 12.5. The minimum absolute atomic E-state index is 0.196. The second-order valence-electron chi connectivity index (χ2n) is 5.63. The van der Waals surface area contributed by atoms with E-state index in [-0.39, 0.29) is 6.29 Å². The number of ether oxygens (including phenoxy) is 2. The molecule has 110 valence electrons. The van der Waals surface area contributed by atoms with E-state index in [4.69, 9.17) is 9.47 Å². The Labute approximate surface area is 122 Å². The van der Waals surface area contributed by atoms with E-state index in [0.29, 0.717) is 0 Å². The van der Waals surface area contributed by atoms with Gasteiger partial charge in [0.1, 0.15) is 5.75 Å². The predicted molar refractivity (Wildman–Crippen MR) is 83.8 cm³/mol. The molecule has 0 aromatic heterocycles. The molecular weight excluding hydrogens is 248 g/mol. The molecule has 0 radical (unpaired) electrons. The van der Waals surface area contributed by atoms with Crippen LogP contribution in [0.1, 0.15) is 51.0 Å². The molecule has 2 rings (SSSR count). The van der Waals surface area contributed by atoms with Crippen molar-refractivity contribution in [1.29, 1.82) is 0 Å². The van der Waals surface area contributed by atoms with Gasteiger partial charge in [0.05, 0.1) is 6.61 Å². The number of benzene rings is 1. The van der Waals surface area contributed by atoms with Gasteiger partial charge in [-0.1, -0.05) is 56.9 Å². The van der Waals surface area contributed by atoms with Gasteiger partial charge in [-0.3, -0.25) is 0 Å². The average molecular weight is 274 g/mol. The highest BCUT2D eigenvalue weighted by Crippen LogP contribution is 2.26. The molecule has 1 aromatic carbocycles. The summed E-state index contributed by atoms with van der Waals surface area (Å²) in [4.78, 5) is 0. The van der Waals surface area contributed by atoms with Crippen LogP contribution in [0.2, 0.25) is 0 Å². The summed E-state index contributed by atoms with van der Waals surface area (Å²) in [6.07, 6.45) is 9.74. The Morgan fingerprint density at radius 3 is 2.85 bits per heavy atom. The molecule has 1 saturated carbocycles. The number of rotatable bonds is 7. The second kappa shape index (κ2) is 8.11. The SMILES string of the molecule is C=Cc1cccc(OC(C)OCCC2CCCCC2)c1. The number of hydrogen-bond acceptors (Lipinski definition) is 2. The minimum Gasteiger partial charge on any atom is -0.465 e. The molecule has 0 amide bonds. The van der Waals surface area contributed by atoms with Gasteiger partial charge in [-0.2, -0.15) is 0 Å². The van der Waals surface area contributed by atoms with Crippen molar-refractivity contribution >= 4 is 6.08 Å². The summed E-state index contributed by atoms with van der Waals surface area (Å²) in [7, 11) is 0. The first-order chi connectivity index (χ1) is 9.78. The van der Waals surface area contributed by atoms with Gasteiger partial charge in [-0.25, -0.2) is 0 Å². The normalized spacial score (nSPS) is 17.6. The van der Waals surface area contributed by atoms with Gasteiger partial charge in [-0.05, 0) is 37.0 Å². The highest BCUT2D eigenvalue weighted by molar-refractivity contribution is 5.49. The topological polar surface area (TPSA) is 18.5 Å². The highest BCUT2D eigenvalue weighted by atomic mass is 16.7. The third kappa shape index (κ3) is 5.01. The molecule has 0 aliphatic heterocycles. The van der Waals surface area contributed by atoms with Crippen molar-refractivity contribution in [3.8, 4) is 5.75 Å². The van der Waals surface area contributed by atoms with Crippen LogP contribution in [-0.2, 0) is 4.74 Å². The van der Waals surface area contributed by atoms with E-state index in [9.17, 15) is 0 Å². The van der Waals surface area contributed by atoms with Crippen LogP contribution in [-0.4, -0.2) is 12.9 Å². The molecule has 1 aliphatic rings. The summed E-state index contributed by atoms with van der Waals surface area (Å²) in [6.45, 7) is 6.52. The van der Waals surface area contributed by atoms with Crippen LogP contribution in [0.15, 0.2) is 30.8 Å². The first-order valence-corrected chi connectivity index (χ1v) is 7.78. The molecule has 0 heterocycles. The van der Waals surface area contributed by atoms with Crippen molar-refractivity contribution in [2.24, 2.45) is 5.92 Å². The van der Waals surface area contributed by atoms with Crippen molar-refractivity contribution in [1.82, 2.24) is 0 Å². The minimum atomic E-state index is -0.196. The van der Waals surface area contributed by atoms with E-state index in [1.807, 2.05) is 37.3 Å². The maximum atomic E-state index is 5.78. The van der Waals surface area contributed by atoms with Gasteiger partial charge in [-0.15, -0.1) is 0 Å². The van der Waals surface area contributed by atoms with Crippen molar-refractivity contribution in [3.05, 3.63) is 36.4 Å². The monoisotopic (exact) mass is 274 g/mol. The molecule has 1 aliphatic carbocycles. The zero-order valence-corrected chi connectivity index (χ0v) is 12.5. The molecule has 1 unspecified atom stereocenters. The van der Waals surface area contributed by atoms with Gasteiger partial charge >= 0.3 is 0 Å². The van der Waals surface area contributed by atoms with Crippen molar-refractivity contribution in [3.63, 3.8) is 0 Å². The highest BCUT2D eigenvalue weighted by Gasteiger charge is 2.13. The van der Waals surface area contributed by atoms with E-state index in [2.05, 4.69) is 6.58 Å². The Balaban J connectivity index is 1.68. The fourth-order valence-electron chi connectivity index (χ4n) is 2.82. The first-order valence-electron chi connectivity index (χ1n) is 7.78. The molecule has 20 heavy (non-hydrogen) atoms. The lowest BCUT2D eigenvalue weighted by Gasteiger charge is -2.22. The van der Waals surface area contributed by atoms with Crippen LogP contribution >= 0.6 is 0 Å². The molecular formula is C18H26O2. The van der Waals surface area contributed by atoms with E-state index < -0.39 is 0 Å². The fraction of sp³-hybridized carbons (Fsp3) is 0.556. The summed E-state index contributed by atoms with van der Waals surface area (Å²) in [5.74, 6) is 1.70. The largest absolute Gasteiger partial charge is 0.465 e. The third-order valence-corrected chi connectivity index (χ3v) is 4.00. The van der Waals surface area contributed by atoms with Crippen molar-refractivity contribution in [2.45, 2.75) is 51.7 Å². The summed E-state index contributed by atoms with van der Waals surface area (Å²) >= 11 is 0. The lowest BCUT2D eigenvalue weighted by Crippen LogP contribution is -2.19. The molecule has 0 bridgehead atoms. The smallest absolute Gasteiger partial charge is 0.196 e. The summed E-state index contributed by atoms with van der Waals surface area (Å²) < 4.78 is 11.6. The Kier molecular flexibility index (Phi) is 6.13. The lowest BCUT2D eigenvalue weighted by molar-refractivity contribution is -0.0711. The quantitative estimate of drug-likeness (QED) is 0.648. The molecule has 2 heteroatoms. The van der Waals surface area contributed by atoms with Crippen molar-refractivity contribution < 1.29 is 9.47 Å². The molecule has 1 fully saturated rings. The van der Waals surface area contributed by atoms with Gasteiger partial charge in [0.15, 0.2) is 6.29 Å². The molecule has 2 nitrogen and oxygen atoms in total. The molecule has 1 aromatic rings. The van der Waals surface area contributed by atoms with Crippen LogP contribution in [0.5, 0.6) is 5.75 Å². The van der Waals surface area contributed by atoms with Gasteiger partial charge in [0.25, 0.3) is 0 Å². The Morgan fingerprint density at radius 1 is 1.30 bits per heavy atom. The van der Waals surface area contributed by atoms with Gasteiger partial charge in [0.2, 0.25) is 0 Å². The van der Waals surface area contributed by atoms with Crippen LogP contribution in [0.3, 0.4) is 0 Å². The Bertz CT molecular complexity index is 408. The summed E-state index contributed by atoms with van der Waals surface area (Å²) in [5, 5.41) is 0. The van der Waals surface area contributed by atoms with Crippen molar-refractivity contribution in [2.75, 3.05) is 6.61 Å². The van der Waals surface area contributed by atoms with E-state index in [1.165, 1.54) is 38.5 Å². The van der Waals surface area contributed by atoms with Gasteiger partial charge in [0, 0.05) is 0 Å². The predicted octanol–water partition coefficient (Wildman–Crippen LogP) is 5.04. The van der Waals surface area contributed by atoms with E-state index in [1.54, 1.807) is 0 Å². The third-order valence-electron chi connectivity index (χ3n) is 4.00. The standard InChI is InChI=1S/C18H26O2/c1-3-16-10-7-11-18(14-16)20-15(2)19-13-12-17-8-5-4-6-9-17/h3,7,10-11,14-15,17H,1,4-6,8-9,12-13H2,2H3. The van der Waals surface area contributed by atoms with E-state index in [0.717, 1.165) is 23.8 Å². The van der Waals surface area contributed by atoms with Crippen LogP contribution in [0.4, 0.5) is 0 Å². The number of hydrogen-bond donors (Lipinski definition) is 0. The van der Waals surface area contributed by atoms with Crippen LogP contribution in [0.25, 0.3) is 6.08 Å². The van der Waals surface area contributed by atoms with E-state index >= 15 is 0 Å². The Morgan fingerprint density at radius 2 is 2.10 bits per heavy atom. The molecule has 0 saturated heterocycles. The maximum absolute atomic E-state index is 5.78. The first kappa shape index (κ1) is 15.1. The summed E-state index contributed by atoms with van der Waals surface area (Å²) in [5.41, 5.74) is 1.07. The average Bonchev–Trinajstić information content (AvgIpc) is 2.48. The fourth-order valence-corrected chi connectivity index (χ4v) is 2.82. The van der Waals surface area contributed by atoms with Crippen LogP contribution < -0.4 is 4.74 Å². The zero-order chi connectivity index (χ0) is 14.2. The Hall–Kier alpha value is -1.28. The molecule has 0 N–H and O–H groups in total. The van der Waals surface area contributed by atoms with Crippen LogP contribution in [0, 0.1) is 5.92 Å². The maximum Gasteiger partial charge on any atom is 0.196 e.